The molecule has 0 aromatic heterocycles. The summed E-state index contributed by atoms with van der Waals surface area (Å²) in [7, 11) is 0. The molecule has 0 spiro atoms. The summed E-state index contributed by atoms with van der Waals surface area (Å²) in [6.45, 7) is -0.265. The Morgan fingerprint density at radius 2 is 1.73 bits per heavy atom. The van der Waals surface area contributed by atoms with Crippen molar-refractivity contribution in [2.75, 3.05) is 13.2 Å². The minimum absolute atomic E-state index is 0.0466. The Hall–Kier alpha value is -1.39. The topological polar surface area (TPSA) is 63.6 Å². The van der Waals surface area contributed by atoms with E-state index in [1.165, 1.54) is 24.3 Å². The lowest BCUT2D eigenvalue weighted by atomic mass is 10.1. The summed E-state index contributed by atoms with van der Waals surface area (Å²) in [5.74, 6) is -0.544. The molecule has 1 rings (SSSR count). The quantitative estimate of drug-likeness (QED) is 0.622. The van der Waals surface area contributed by atoms with Crippen molar-refractivity contribution in [1.29, 1.82) is 0 Å². The Balaban J connectivity index is 2.71. The van der Waals surface area contributed by atoms with Gasteiger partial charge >= 0.3 is 5.97 Å². The van der Waals surface area contributed by atoms with Gasteiger partial charge in [-0.3, -0.25) is 4.79 Å². The van der Waals surface area contributed by atoms with Gasteiger partial charge in [-0.05, 0) is 35.9 Å². The maximum Gasteiger partial charge on any atom is 0.338 e. The number of ether oxygens (including phenoxy) is 1. The lowest BCUT2D eigenvalue weighted by molar-refractivity contribution is 0.0433. The molecule has 0 saturated carbocycles. The van der Waals surface area contributed by atoms with Crippen LogP contribution in [0.15, 0.2) is 24.3 Å². The van der Waals surface area contributed by atoms with Gasteiger partial charge in [-0.2, -0.15) is 0 Å². The molecule has 0 aliphatic rings. The molecule has 1 aromatic rings. The minimum atomic E-state index is -0.578. The highest BCUT2D eigenvalue weighted by Gasteiger charge is 2.07. The molecule has 80 valence electrons. The zero-order valence-corrected chi connectivity index (χ0v) is 8.53. The van der Waals surface area contributed by atoms with Crippen LogP contribution in [-0.4, -0.2) is 29.5 Å². The van der Waals surface area contributed by atoms with Gasteiger partial charge in [0.05, 0.1) is 12.2 Å². The van der Waals surface area contributed by atoms with Gasteiger partial charge in [0, 0.05) is 5.56 Å². The molecule has 0 saturated heterocycles. The monoisotopic (exact) mass is 228 g/mol. The van der Waals surface area contributed by atoms with Crippen LogP contribution >= 0.6 is 11.6 Å². The fraction of sp³-hybridized carbons (Fsp3) is 0.200. The largest absolute Gasteiger partial charge is 0.460 e. The van der Waals surface area contributed by atoms with Crippen molar-refractivity contribution < 1.29 is 19.4 Å². The molecule has 0 fully saturated rings. The van der Waals surface area contributed by atoms with E-state index in [1.807, 2.05) is 0 Å². The summed E-state index contributed by atoms with van der Waals surface area (Å²) in [6, 6.07) is 5.75. The van der Waals surface area contributed by atoms with Gasteiger partial charge in [-0.25, -0.2) is 4.79 Å². The number of aliphatic hydroxyl groups is 1. The van der Waals surface area contributed by atoms with Gasteiger partial charge in [0.1, 0.15) is 6.61 Å². The summed E-state index contributed by atoms with van der Waals surface area (Å²) in [5, 5.41) is 7.86. The van der Waals surface area contributed by atoms with Crippen molar-refractivity contribution in [1.82, 2.24) is 0 Å². The molecule has 0 aliphatic heterocycles. The second-order valence-electron chi connectivity index (χ2n) is 2.71. The Bertz CT molecular complexity index is 358. The average molecular weight is 229 g/mol. The fourth-order valence-electron chi connectivity index (χ4n) is 0.959. The van der Waals surface area contributed by atoms with Crippen LogP contribution in [0.25, 0.3) is 0 Å². The van der Waals surface area contributed by atoms with Crippen LogP contribution in [0.5, 0.6) is 0 Å². The molecule has 1 N–H and O–H groups in total. The molecular weight excluding hydrogens is 220 g/mol. The third kappa shape index (κ3) is 3.34. The summed E-state index contributed by atoms with van der Waals surface area (Å²) in [6.07, 6.45) is 0. The molecule has 0 aliphatic carbocycles. The van der Waals surface area contributed by atoms with Gasteiger partial charge in [-0.15, -0.1) is 0 Å². The number of benzene rings is 1. The summed E-state index contributed by atoms with van der Waals surface area (Å²) < 4.78 is 4.67. The number of rotatable bonds is 4. The first-order chi connectivity index (χ1) is 7.15. The van der Waals surface area contributed by atoms with E-state index in [9.17, 15) is 9.59 Å². The highest BCUT2D eigenvalue weighted by molar-refractivity contribution is 6.67. The average Bonchev–Trinajstić information content (AvgIpc) is 2.26. The van der Waals surface area contributed by atoms with E-state index in [0.29, 0.717) is 11.1 Å². The van der Waals surface area contributed by atoms with Crippen LogP contribution < -0.4 is 0 Å². The first-order valence-corrected chi connectivity index (χ1v) is 4.61. The second-order valence-corrected chi connectivity index (χ2v) is 3.05. The Labute approximate surface area is 91.4 Å². The Morgan fingerprint density at radius 1 is 1.20 bits per heavy atom. The smallest absolute Gasteiger partial charge is 0.338 e. The van der Waals surface area contributed by atoms with E-state index < -0.39 is 11.2 Å². The van der Waals surface area contributed by atoms with Gasteiger partial charge in [-0.1, -0.05) is 0 Å². The lowest BCUT2D eigenvalue weighted by Gasteiger charge is -2.02. The van der Waals surface area contributed by atoms with Crippen LogP contribution in [0.2, 0.25) is 0 Å². The number of carbonyl (C=O) groups excluding carboxylic acids is 2. The third-order valence-corrected chi connectivity index (χ3v) is 1.89. The van der Waals surface area contributed by atoms with E-state index in [-0.39, 0.29) is 13.2 Å². The molecule has 0 bridgehead atoms. The number of aliphatic hydroxyl groups excluding tert-OH is 1. The van der Waals surface area contributed by atoms with E-state index in [2.05, 4.69) is 4.74 Å². The van der Waals surface area contributed by atoms with Crippen LogP contribution in [-0.2, 0) is 4.74 Å². The summed E-state index contributed by atoms with van der Waals surface area (Å²) in [4.78, 5) is 21.9. The number of halogens is 1. The SMILES string of the molecule is O=C(Cl)c1ccc(C(=O)OCCO)cc1. The number of esters is 1. The van der Waals surface area contributed by atoms with Crippen molar-refractivity contribution in [3.05, 3.63) is 35.4 Å². The molecule has 0 radical (unpaired) electrons. The van der Waals surface area contributed by atoms with Gasteiger partial charge in [0.15, 0.2) is 0 Å². The summed E-state index contributed by atoms with van der Waals surface area (Å²) >= 11 is 5.23. The van der Waals surface area contributed by atoms with Crippen molar-refractivity contribution in [2.45, 2.75) is 0 Å². The molecular formula is C10H9ClO4. The van der Waals surface area contributed by atoms with E-state index in [1.54, 1.807) is 0 Å². The van der Waals surface area contributed by atoms with Crippen LogP contribution in [0.1, 0.15) is 20.7 Å². The fourth-order valence-corrected chi connectivity index (χ4v) is 1.09. The second kappa shape index (κ2) is 5.48. The molecule has 0 amide bonds. The zero-order valence-electron chi connectivity index (χ0n) is 7.77. The van der Waals surface area contributed by atoms with Crippen LogP contribution in [0.3, 0.4) is 0 Å². The number of hydrogen-bond acceptors (Lipinski definition) is 4. The first kappa shape index (κ1) is 11.7. The Kier molecular flexibility index (Phi) is 4.27. The molecule has 0 atom stereocenters. The van der Waals surface area contributed by atoms with Crippen molar-refractivity contribution >= 4 is 22.8 Å². The van der Waals surface area contributed by atoms with E-state index in [4.69, 9.17) is 16.7 Å². The van der Waals surface area contributed by atoms with Gasteiger partial charge < -0.3 is 9.84 Å². The standard InChI is InChI=1S/C10H9ClO4/c11-9(13)7-1-3-8(4-2-7)10(14)15-6-5-12/h1-4,12H,5-6H2. The Morgan fingerprint density at radius 3 is 2.20 bits per heavy atom. The van der Waals surface area contributed by atoms with Gasteiger partial charge in [0.25, 0.3) is 5.24 Å². The first-order valence-electron chi connectivity index (χ1n) is 4.23. The third-order valence-electron chi connectivity index (χ3n) is 1.67. The molecule has 5 heteroatoms. The molecule has 4 nitrogen and oxygen atoms in total. The zero-order chi connectivity index (χ0) is 11.3. The van der Waals surface area contributed by atoms with Crippen LogP contribution in [0.4, 0.5) is 0 Å². The van der Waals surface area contributed by atoms with Crippen molar-refractivity contribution in [3.63, 3.8) is 0 Å². The molecule has 15 heavy (non-hydrogen) atoms. The lowest BCUT2D eigenvalue weighted by Crippen LogP contribution is -2.08. The van der Waals surface area contributed by atoms with E-state index in [0.717, 1.165) is 0 Å². The minimum Gasteiger partial charge on any atom is -0.460 e. The molecule has 0 unspecified atom stereocenters. The highest BCUT2D eigenvalue weighted by Crippen LogP contribution is 2.08. The normalized spacial score (nSPS) is 9.73. The molecule has 1 aromatic carbocycles. The van der Waals surface area contributed by atoms with Crippen LogP contribution in [0, 0.1) is 0 Å². The summed E-state index contributed by atoms with van der Waals surface area (Å²) in [5.41, 5.74) is 0.625. The van der Waals surface area contributed by atoms with E-state index >= 15 is 0 Å². The maximum atomic E-state index is 11.2. The predicted molar refractivity (Wildman–Crippen MR) is 54.0 cm³/mol. The van der Waals surface area contributed by atoms with Gasteiger partial charge in [0.2, 0.25) is 0 Å². The predicted octanol–water partition coefficient (Wildman–Crippen LogP) is 1.21. The highest BCUT2D eigenvalue weighted by atomic mass is 35.5. The maximum absolute atomic E-state index is 11.2. The van der Waals surface area contributed by atoms with Crippen molar-refractivity contribution in [3.8, 4) is 0 Å². The number of hydrogen-bond donors (Lipinski definition) is 1. The van der Waals surface area contributed by atoms with Crippen molar-refractivity contribution in [2.24, 2.45) is 0 Å². The number of carbonyl (C=O) groups is 2. The molecule has 0 heterocycles.